The van der Waals surface area contributed by atoms with Crippen molar-refractivity contribution < 1.29 is 19.4 Å². The smallest absolute Gasteiger partial charge is 0.326 e. The van der Waals surface area contributed by atoms with Crippen LogP contribution in [0.25, 0.3) is 10.9 Å². The Kier molecular flexibility index (Phi) is 4.08. The topological polar surface area (TPSA) is 91.4 Å². The van der Waals surface area contributed by atoms with E-state index >= 15 is 0 Å². The van der Waals surface area contributed by atoms with Crippen molar-refractivity contribution in [3.63, 3.8) is 0 Å². The fourth-order valence-corrected chi connectivity index (χ4v) is 3.37. The van der Waals surface area contributed by atoms with Gasteiger partial charge in [0.25, 0.3) is 0 Å². The van der Waals surface area contributed by atoms with Crippen molar-refractivity contribution in [2.45, 2.75) is 18.4 Å². The number of aliphatic carboxylic acids is 1. The maximum atomic E-state index is 12.7. The summed E-state index contributed by atoms with van der Waals surface area (Å²) in [5.74, 6) is -1.20. The van der Waals surface area contributed by atoms with Crippen LogP contribution >= 0.6 is 0 Å². The Balaban J connectivity index is 1.53. The average Bonchev–Trinajstić information content (AvgIpc) is 3.25. The van der Waals surface area contributed by atoms with E-state index in [0.717, 1.165) is 22.0 Å². The van der Waals surface area contributed by atoms with E-state index in [1.807, 2.05) is 48.5 Å². The van der Waals surface area contributed by atoms with Crippen molar-refractivity contribution >= 4 is 22.8 Å². The molecule has 3 aromatic rings. The first-order valence-electron chi connectivity index (χ1n) is 8.43. The molecule has 0 bridgehead atoms. The number of aromatic amines is 1. The van der Waals surface area contributed by atoms with E-state index in [9.17, 15) is 14.7 Å². The normalized spacial score (nSPS) is 16.7. The maximum absolute atomic E-state index is 12.7. The van der Waals surface area contributed by atoms with Crippen molar-refractivity contribution in [3.05, 3.63) is 65.9 Å². The van der Waals surface area contributed by atoms with Crippen LogP contribution in [0, 0.1) is 0 Å². The Morgan fingerprint density at radius 3 is 2.81 bits per heavy atom. The second-order valence-electron chi connectivity index (χ2n) is 6.36. The summed E-state index contributed by atoms with van der Waals surface area (Å²) in [6.07, 6.45) is 2.00. The van der Waals surface area contributed by atoms with Crippen LogP contribution in [0.2, 0.25) is 0 Å². The van der Waals surface area contributed by atoms with Crippen LogP contribution in [0.5, 0.6) is 5.75 Å². The van der Waals surface area contributed by atoms with E-state index < -0.39 is 17.9 Å². The number of benzene rings is 2. The van der Waals surface area contributed by atoms with Gasteiger partial charge in [0, 0.05) is 29.1 Å². The van der Waals surface area contributed by atoms with Gasteiger partial charge in [-0.05, 0) is 17.7 Å². The van der Waals surface area contributed by atoms with Gasteiger partial charge < -0.3 is 20.1 Å². The molecule has 0 spiro atoms. The minimum atomic E-state index is -1.06. The minimum Gasteiger partial charge on any atom is -0.492 e. The van der Waals surface area contributed by atoms with Crippen LogP contribution in [-0.2, 0) is 16.0 Å². The zero-order valence-electron chi connectivity index (χ0n) is 13.9. The first kappa shape index (κ1) is 16.2. The third-order valence-electron chi connectivity index (χ3n) is 4.73. The molecule has 1 aliphatic heterocycles. The molecule has 0 radical (unpaired) electrons. The van der Waals surface area contributed by atoms with E-state index in [1.54, 1.807) is 6.20 Å². The van der Waals surface area contributed by atoms with E-state index in [2.05, 4.69) is 10.3 Å². The number of carbonyl (C=O) groups excluding carboxylic acids is 1. The molecule has 1 aromatic heterocycles. The van der Waals surface area contributed by atoms with Crippen molar-refractivity contribution in [2.24, 2.45) is 0 Å². The number of hydrogen-bond acceptors (Lipinski definition) is 3. The van der Waals surface area contributed by atoms with E-state index in [1.165, 1.54) is 0 Å². The lowest BCUT2D eigenvalue weighted by molar-refractivity contribution is -0.142. The molecule has 1 amide bonds. The van der Waals surface area contributed by atoms with E-state index in [-0.39, 0.29) is 18.9 Å². The number of carboxylic acid groups (broad SMARTS) is 1. The molecule has 6 heteroatoms. The number of rotatable bonds is 5. The first-order chi connectivity index (χ1) is 12.6. The molecular weight excluding hydrogens is 332 g/mol. The van der Waals surface area contributed by atoms with Crippen LogP contribution < -0.4 is 10.1 Å². The van der Waals surface area contributed by atoms with Gasteiger partial charge >= 0.3 is 5.97 Å². The molecule has 0 saturated carbocycles. The molecule has 1 aliphatic rings. The molecular formula is C20H18N2O4. The number of ether oxygens (including phenoxy) is 1. The summed E-state index contributed by atoms with van der Waals surface area (Å²) in [6.45, 7) is 0.227. The Morgan fingerprint density at radius 1 is 1.19 bits per heavy atom. The summed E-state index contributed by atoms with van der Waals surface area (Å²) in [5, 5.41) is 13.2. The highest BCUT2D eigenvalue weighted by Gasteiger charge is 2.32. The van der Waals surface area contributed by atoms with Gasteiger partial charge in [-0.25, -0.2) is 4.79 Å². The molecule has 26 heavy (non-hydrogen) atoms. The van der Waals surface area contributed by atoms with Crippen molar-refractivity contribution in [1.29, 1.82) is 0 Å². The first-order valence-corrected chi connectivity index (χ1v) is 8.43. The molecule has 132 valence electrons. The number of H-pyrrole nitrogens is 1. The molecule has 4 rings (SSSR count). The molecule has 2 atom stereocenters. The number of nitrogens with one attached hydrogen (secondary N) is 2. The minimum absolute atomic E-state index is 0.209. The highest BCUT2D eigenvalue weighted by atomic mass is 16.5. The monoisotopic (exact) mass is 350 g/mol. The fraction of sp³-hybridized carbons (Fsp3) is 0.200. The van der Waals surface area contributed by atoms with Gasteiger partial charge in [0.05, 0.1) is 0 Å². The number of amides is 1. The van der Waals surface area contributed by atoms with Gasteiger partial charge in [-0.3, -0.25) is 4.79 Å². The average molecular weight is 350 g/mol. The SMILES string of the molecule is O=C(O)[C@H](Cc1c[nH]c2ccccc12)NC(=O)[C@H]1COc2ccccc21. The summed E-state index contributed by atoms with van der Waals surface area (Å²) in [5.41, 5.74) is 2.59. The fourth-order valence-electron chi connectivity index (χ4n) is 3.37. The standard InChI is InChI=1S/C20H18N2O4/c23-19(15-11-26-18-8-4-2-6-14(15)18)22-17(20(24)25)9-12-10-21-16-7-3-1-5-13(12)16/h1-8,10,15,17,21H,9,11H2,(H,22,23)(H,24,25)/t15-,17-/m0/s1. The molecule has 0 saturated heterocycles. The molecule has 0 fully saturated rings. The largest absolute Gasteiger partial charge is 0.492 e. The van der Waals surface area contributed by atoms with Crippen LogP contribution in [0.15, 0.2) is 54.7 Å². The van der Waals surface area contributed by atoms with Gasteiger partial charge in [0.15, 0.2) is 0 Å². The van der Waals surface area contributed by atoms with Gasteiger partial charge in [-0.1, -0.05) is 36.4 Å². The summed E-state index contributed by atoms with van der Waals surface area (Å²) in [6, 6.07) is 14.0. The molecule has 0 aliphatic carbocycles. The van der Waals surface area contributed by atoms with E-state index in [0.29, 0.717) is 5.75 Å². The van der Waals surface area contributed by atoms with Gasteiger partial charge in [0.1, 0.15) is 24.3 Å². The zero-order chi connectivity index (χ0) is 18.1. The molecule has 2 heterocycles. The molecule has 3 N–H and O–H groups in total. The summed E-state index contributed by atoms with van der Waals surface area (Å²) < 4.78 is 5.52. The van der Waals surface area contributed by atoms with Crippen molar-refractivity contribution in [3.8, 4) is 5.75 Å². The predicted octanol–water partition coefficient (Wildman–Crippen LogP) is 2.46. The quantitative estimate of drug-likeness (QED) is 0.659. The van der Waals surface area contributed by atoms with Gasteiger partial charge in [-0.2, -0.15) is 0 Å². The van der Waals surface area contributed by atoms with Crippen LogP contribution in [0.3, 0.4) is 0 Å². The zero-order valence-corrected chi connectivity index (χ0v) is 13.9. The second kappa shape index (κ2) is 6.55. The number of para-hydroxylation sites is 2. The number of aromatic nitrogens is 1. The highest BCUT2D eigenvalue weighted by molar-refractivity contribution is 5.90. The van der Waals surface area contributed by atoms with Crippen molar-refractivity contribution in [1.82, 2.24) is 10.3 Å². The Hall–Kier alpha value is -3.28. The number of carboxylic acids is 1. The maximum Gasteiger partial charge on any atom is 0.326 e. The van der Waals surface area contributed by atoms with Crippen LogP contribution in [0.1, 0.15) is 17.0 Å². The highest BCUT2D eigenvalue weighted by Crippen LogP contribution is 2.33. The Morgan fingerprint density at radius 2 is 1.96 bits per heavy atom. The molecule has 2 aromatic carbocycles. The van der Waals surface area contributed by atoms with Gasteiger partial charge in [-0.15, -0.1) is 0 Å². The number of hydrogen-bond donors (Lipinski definition) is 3. The molecule has 0 unspecified atom stereocenters. The number of fused-ring (bicyclic) bond motifs is 2. The lowest BCUT2D eigenvalue weighted by atomic mass is 9.99. The lowest BCUT2D eigenvalue weighted by Gasteiger charge is -2.17. The third-order valence-corrected chi connectivity index (χ3v) is 4.73. The van der Waals surface area contributed by atoms with Crippen LogP contribution in [-0.4, -0.2) is 34.6 Å². The number of carbonyl (C=O) groups is 2. The Bertz CT molecular complexity index is 979. The van der Waals surface area contributed by atoms with Crippen molar-refractivity contribution in [2.75, 3.05) is 6.61 Å². The Labute approximate surface area is 149 Å². The molecule has 6 nitrogen and oxygen atoms in total. The van der Waals surface area contributed by atoms with Crippen LogP contribution in [0.4, 0.5) is 0 Å². The summed E-state index contributed by atoms with van der Waals surface area (Å²) in [4.78, 5) is 27.5. The van der Waals surface area contributed by atoms with E-state index in [4.69, 9.17) is 4.74 Å². The lowest BCUT2D eigenvalue weighted by Crippen LogP contribution is -2.44. The van der Waals surface area contributed by atoms with Gasteiger partial charge in [0.2, 0.25) is 5.91 Å². The predicted molar refractivity (Wildman–Crippen MR) is 96.2 cm³/mol. The third kappa shape index (κ3) is 2.90. The summed E-state index contributed by atoms with van der Waals surface area (Å²) >= 11 is 0. The second-order valence-corrected chi connectivity index (χ2v) is 6.36. The summed E-state index contributed by atoms with van der Waals surface area (Å²) in [7, 11) is 0.